The summed E-state index contributed by atoms with van der Waals surface area (Å²) < 4.78 is 0. The zero-order chi connectivity index (χ0) is 21.7. The van der Waals surface area contributed by atoms with Gasteiger partial charge in [0.05, 0.1) is 24.4 Å². The Morgan fingerprint density at radius 2 is 1.66 bits per heavy atom. The third-order valence-electron chi connectivity index (χ3n) is 2.35. The molecule has 0 unspecified atom stereocenters. The minimum Gasteiger partial charge on any atom is -0.565 e. The van der Waals surface area contributed by atoms with E-state index in [1.165, 1.54) is 44.6 Å². The van der Waals surface area contributed by atoms with Crippen LogP contribution in [0.15, 0.2) is 41.8 Å². The summed E-state index contributed by atoms with van der Waals surface area (Å²) in [5, 5.41) is 25.7. The molecule has 6 N–H and O–H groups in total. The number of pyridine rings is 1. The van der Waals surface area contributed by atoms with E-state index in [1.807, 2.05) is 0 Å². The number of nitrogens with zero attached hydrogens (tertiary/aromatic N) is 3. The summed E-state index contributed by atoms with van der Waals surface area (Å²) >= 11 is 11.6. The van der Waals surface area contributed by atoms with Crippen molar-refractivity contribution in [3.05, 3.63) is 63.3 Å². The maximum atomic E-state index is 9.70. The molecular weight excluding hydrogens is 477 g/mol. The predicted molar refractivity (Wildman–Crippen MR) is 108 cm³/mol. The molecule has 0 aliphatic carbocycles. The summed E-state index contributed by atoms with van der Waals surface area (Å²) in [5.41, 5.74) is 4.38. The minimum absolute atomic E-state index is 0. The molecule has 0 aliphatic heterocycles. The second kappa shape index (κ2) is 15.3. The maximum absolute atomic E-state index is 9.70. The number of carbonyl (C=O) groups excluding carboxylic acids is 3. The summed E-state index contributed by atoms with van der Waals surface area (Å²) in [5.74, 6) is -1.59. The van der Waals surface area contributed by atoms with Crippen molar-refractivity contribution in [1.82, 2.24) is 4.98 Å². The van der Waals surface area contributed by atoms with Gasteiger partial charge >= 0.3 is 29.0 Å². The first-order valence-corrected chi connectivity index (χ1v) is 8.12. The Bertz CT molecular complexity index is 831. The van der Waals surface area contributed by atoms with Crippen LogP contribution in [-0.2, 0) is 26.7 Å². The Kier molecular flexibility index (Phi) is 15.1. The topological polar surface area (TPSA) is 161 Å². The van der Waals surface area contributed by atoms with Crippen molar-refractivity contribution in [3.8, 4) is 5.75 Å². The van der Waals surface area contributed by atoms with Gasteiger partial charge in [0.1, 0.15) is 5.75 Å². The predicted octanol–water partition coefficient (Wildman–Crippen LogP) is 1.86. The number of benzene rings is 1. The molecule has 0 saturated heterocycles. The molecule has 1 amide bonds. The Morgan fingerprint density at radius 3 is 2.14 bits per heavy atom. The largest absolute Gasteiger partial charge is 2.00 e. The number of halogens is 2. The van der Waals surface area contributed by atoms with E-state index >= 15 is 0 Å². The smallest absolute Gasteiger partial charge is 0.565 e. The Balaban J connectivity index is 0. The fraction of sp³-hybridized carbons (Fsp3) is 0.118. The molecule has 1 aromatic carbocycles. The van der Waals surface area contributed by atoms with Crippen molar-refractivity contribution in [1.29, 1.82) is 0 Å². The third kappa shape index (κ3) is 14.1. The molecule has 9 nitrogen and oxygen atoms in total. The molecule has 2 aromatic rings. The zero-order valence-corrected chi connectivity index (χ0v) is 17.6. The van der Waals surface area contributed by atoms with Gasteiger partial charge in [0.25, 0.3) is 5.91 Å². The maximum Gasteiger partial charge on any atom is 2.00 e. The van der Waals surface area contributed by atoms with Gasteiger partial charge in [-0.3, -0.25) is 9.78 Å². The first-order valence-electron chi connectivity index (χ1n) is 7.37. The molecular formula is C17H19Cl2CuN3O6+4. The monoisotopic (exact) mass is 494 g/mol. The minimum atomic E-state index is -0.583. The van der Waals surface area contributed by atoms with Gasteiger partial charge in [0.15, 0.2) is 0 Å². The van der Waals surface area contributed by atoms with E-state index < -0.39 is 11.9 Å². The number of aromatic hydroxyl groups is 1. The number of hydrogen-bond donors (Lipinski definition) is 1. The van der Waals surface area contributed by atoms with Crippen LogP contribution in [0.3, 0.4) is 0 Å². The SMILES string of the molecule is CC(=O)[OH2+].CC(=O)[OH2+].Oc1c(Cl)cc(Cl)cc1C=N[N-]C(=[OH+])c1ccncc1.[Cu+2]. The molecule has 0 spiro atoms. The van der Waals surface area contributed by atoms with Crippen molar-refractivity contribution < 1.29 is 46.8 Å². The quantitative estimate of drug-likeness (QED) is 0.298. The second-order valence-electron chi connectivity index (χ2n) is 4.84. The van der Waals surface area contributed by atoms with Crippen molar-refractivity contribution in [2.24, 2.45) is 5.10 Å². The van der Waals surface area contributed by atoms with Gasteiger partial charge in [0, 0.05) is 38.8 Å². The average molecular weight is 496 g/mol. The first kappa shape index (κ1) is 28.6. The van der Waals surface area contributed by atoms with Crippen LogP contribution in [0.5, 0.6) is 5.75 Å². The van der Waals surface area contributed by atoms with Gasteiger partial charge < -0.3 is 25.8 Å². The molecule has 0 atom stereocenters. The van der Waals surface area contributed by atoms with E-state index in [-0.39, 0.29) is 33.7 Å². The second-order valence-corrected chi connectivity index (χ2v) is 5.69. The zero-order valence-electron chi connectivity index (χ0n) is 15.2. The Morgan fingerprint density at radius 1 is 1.17 bits per heavy atom. The number of hydrogen-bond acceptors (Lipinski definition) is 5. The Hall–Kier alpha value is -2.65. The fourth-order valence-corrected chi connectivity index (χ4v) is 1.90. The van der Waals surface area contributed by atoms with Gasteiger partial charge in [-0.05, 0) is 24.3 Å². The van der Waals surface area contributed by atoms with Crippen molar-refractivity contribution >= 4 is 47.3 Å². The van der Waals surface area contributed by atoms with Crippen LogP contribution in [0.25, 0.3) is 5.43 Å². The molecule has 1 heterocycles. The van der Waals surface area contributed by atoms with Crippen LogP contribution < -0.4 is 0 Å². The summed E-state index contributed by atoms with van der Waals surface area (Å²) in [4.78, 5) is 31.7. The van der Waals surface area contributed by atoms with E-state index in [0.717, 1.165) is 0 Å². The van der Waals surface area contributed by atoms with Crippen LogP contribution >= 0.6 is 23.2 Å². The number of phenolic OH excluding ortho intramolecular Hbond substituents is 1. The molecule has 2 rings (SSSR count). The number of phenols is 1. The molecule has 1 aromatic heterocycles. The van der Waals surface area contributed by atoms with Gasteiger partial charge in [-0.1, -0.05) is 23.2 Å². The van der Waals surface area contributed by atoms with E-state index in [4.69, 9.17) is 43.0 Å². The van der Waals surface area contributed by atoms with Crippen molar-refractivity contribution in [3.63, 3.8) is 0 Å². The van der Waals surface area contributed by atoms with Gasteiger partial charge in [0.2, 0.25) is 0 Å². The Labute approximate surface area is 186 Å². The van der Waals surface area contributed by atoms with Crippen LogP contribution in [0.1, 0.15) is 25.0 Å². The third-order valence-corrected chi connectivity index (χ3v) is 2.85. The first-order chi connectivity index (χ1) is 13.0. The number of amides is 1. The van der Waals surface area contributed by atoms with Crippen LogP contribution in [0.2, 0.25) is 10.0 Å². The standard InChI is InChI=1S/C13H9Cl2N3O2.2C2H4O2.Cu/c14-10-5-9(12(19)11(15)6-10)7-17-18-13(20)8-1-3-16-4-2-8;2*1-2(3)4;/h1-7H,(H2,16,17,18,19,20);2*1H3,(H,3,4);/q;;;+2/p+2. The summed E-state index contributed by atoms with van der Waals surface area (Å²) in [6.45, 7) is 2.39. The van der Waals surface area contributed by atoms with Crippen molar-refractivity contribution in [2.45, 2.75) is 13.8 Å². The van der Waals surface area contributed by atoms with E-state index in [2.05, 4.69) is 15.5 Å². The molecule has 0 fully saturated rings. The summed E-state index contributed by atoms with van der Waals surface area (Å²) in [6.07, 6.45) is 4.28. The molecule has 1 radical (unpaired) electrons. The summed E-state index contributed by atoms with van der Waals surface area (Å²) in [6, 6.07) is 6.06. The summed E-state index contributed by atoms with van der Waals surface area (Å²) in [7, 11) is 0. The number of aromatic nitrogens is 1. The molecule has 12 heteroatoms. The molecule has 0 bridgehead atoms. The molecule has 0 saturated carbocycles. The number of rotatable bonds is 3. The molecule has 29 heavy (non-hydrogen) atoms. The van der Waals surface area contributed by atoms with Crippen LogP contribution in [-0.4, -0.2) is 49.2 Å². The van der Waals surface area contributed by atoms with Gasteiger partial charge in [-0.15, -0.1) is 0 Å². The fourth-order valence-electron chi connectivity index (χ4n) is 1.39. The van der Waals surface area contributed by atoms with Gasteiger partial charge in [-0.2, -0.15) is 0 Å². The van der Waals surface area contributed by atoms with Gasteiger partial charge in [-0.25, -0.2) is 0 Å². The average Bonchev–Trinajstić information content (AvgIpc) is 2.58. The van der Waals surface area contributed by atoms with Crippen LogP contribution in [0.4, 0.5) is 0 Å². The van der Waals surface area contributed by atoms with Crippen molar-refractivity contribution in [2.75, 3.05) is 0 Å². The van der Waals surface area contributed by atoms with E-state index in [1.54, 1.807) is 12.1 Å². The van der Waals surface area contributed by atoms with E-state index in [0.29, 0.717) is 16.1 Å². The molecule has 159 valence electrons. The normalized spacial score (nSPS) is 9.10. The van der Waals surface area contributed by atoms with Crippen LogP contribution in [0, 0.1) is 0 Å². The van der Waals surface area contributed by atoms with E-state index in [9.17, 15) is 9.90 Å². The number of carbonyl (C=O) groups is 2. The molecule has 0 aliphatic rings.